The van der Waals surface area contributed by atoms with Crippen molar-refractivity contribution in [3.8, 4) is 0 Å². The van der Waals surface area contributed by atoms with Crippen LogP contribution in [0.5, 0.6) is 0 Å². The predicted octanol–water partition coefficient (Wildman–Crippen LogP) is 3.24. The zero-order valence-electron chi connectivity index (χ0n) is 10.4. The Balaban J connectivity index is 3.03. The second-order valence-corrected chi connectivity index (χ2v) is 5.15. The maximum atomic E-state index is 10.6. The van der Waals surface area contributed by atoms with Gasteiger partial charge in [-0.15, -0.1) is 0 Å². The van der Waals surface area contributed by atoms with Gasteiger partial charge in [0.15, 0.2) is 0 Å². The summed E-state index contributed by atoms with van der Waals surface area (Å²) in [4.78, 5) is 12.7. The molecule has 3 nitrogen and oxygen atoms in total. The van der Waals surface area contributed by atoms with Gasteiger partial charge in [-0.3, -0.25) is 0 Å². The average molecular weight is 286 g/mol. The Kier molecular flexibility index (Phi) is 6.09. The summed E-state index contributed by atoms with van der Waals surface area (Å²) in [5, 5.41) is 9.25. The number of carboxylic acids is 1. The van der Waals surface area contributed by atoms with Gasteiger partial charge in [-0.25, -0.2) is 4.79 Å². The van der Waals surface area contributed by atoms with Crippen LogP contribution in [0.1, 0.15) is 5.56 Å². The van der Waals surface area contributed by atoms with Gasteiger partial charge in [0.25, 0.3) is 0 Å². The van der Waals surface area contributed by atoms with Crippen LogP contribution >= 0.6 is 23.4 Å². The monoisotopic (exact) mass is 285 g/mol. The third kappa shape index (κ3) is 4.27. The van der Waals surface area contributed by atoms with Crippen molar-refractivity contribution >= 4 is 41.1 Å². The van der Waals surface area contributed by atoms with Crippen LogP contribution in [0.4, 0.5) is 5.69 Å². The first-order valence-corrected chi connectivity index (χ1v) is 7.23. The molecule has 0 saturated carbocycles. The van der Waals surface area contributed by atoms with E-state index in [4.69, 9.17) is 16.7 Å². The van der Waals surface area contributed by atoms with E-state index in [0.29, 0.717) is 5.02 Å². The van der Waals surface area contributed by atoms with Crippen molar-refractivity contribution in [3.63, 3.8) is 0 Å². The SMILES string of the molecule is CSCCN(C)c1cccc(Cl)c1/C=C/C(=O)O. The number of hydrogen-bond acceptors (Lipinski definition) is 3. The molecule has 98 valence electrons. The zero-order valence-corrected chi connectivity index (χ0v) is 12.0. The van der Waals surface area contributed by atoms with Gasteiger partial charge in [0.1, 0.15) is 0 Å². The van der Waals surface area contributed by atoms with E-state index in [-0.39, 0.29) is 0 Å². The third-order valence-electron chi connectivity index (χ3n) is 2.46. The Morgan fingerprint density at radius 1 is 1.56 bits per heavy atom. The van der Waals surface area contributed by atoms with Crippen molar-refractivity contribution in [2.75, 3.05) is 30.5 Å². The first kappa shape index (κ1) is 14.9. The third-order valence-corrected chi connectivity index (χ3v) is 3.38. The van der Waals surface area contributed by atoms with Crippen molar-refractivity contribution < 1.29 is 9.90 Å². The highest BCUT2D eigenvalue weighted by atomic mass is 35.5. The minimum Gasteiger partial charge on any atom is -0.478 e. The Morgan fingerprint density at radius 2 is 2.28 bits per heavy atom. The molecule has 0 aliphatic heterocycles. The van der Waals surface area contributed by atoms with Gasteiger partial charge in [0, 0.05) is 41.7 Å². The molecule has 1 aromatic carbocycles. The highest BCUT2D eigenvalue weighted by Crippen LogP contribution is 2.28. The summed E-state index contributed by atoms with van der Waals surface area (Å²) < 4.78 is 0. The lowest BCUT2D eigenvalue weighted by Gasteiger charge is -2.21. The van der Waals surface area contributed by atoms with Crippen LogP contribution in [0, 0.1) is 0 Å². The highest BCUT2D eigenvalue weighted by Gasteiger charge is 2.08. The average Bonchev–Trinajstić information content (AvgIpc) is 2.34. The van der Waals surface area contributed by atoms with Gasteiger partial charge in [-0.05, 0) is 24.5 Å². The molecule has 0 radical (unpaired) electrons. The Bertz CT molecular complexity index is 449. The van der Waals surface area contributed by atoms with E-state index < -0.39 is 5.97 Å². The summed E-state index contributed by atoms with van der Waals surface area (Å²) in [6.45, 7) is 0.884. The number of halogens is 1. The van der Waals surface area contributed by atoms with Gasteiger partial charge in [0.05, 0.1) is 0 Å². The lowest BCUT2D eigenvalue weighted by molar-refractivity contribution is -0.131. The van der Waals surface area contributed by atoms with E-state index in [0.717, 1.165) is 29.6 Å². The summed E-state index contributed by atoms with van der Waals surface area (Å²) in [7, 11) is 1.97. The molecule has 1 N–H and O–H groups in total. The number of thioether (sulfide) groups is 1. The lowest BCUT2D eigenvalue weighted by Crippen LogP contribution is -2.21. The molecule has 18 heavy (non-hydrogen) atoms. The fourth-order valence-corrected chi connectivity index (χ4v) is 2.22. The first-order valence-electron chi connectivity index (χ1n) is 5.46. The van der Waals surface area contributed by atoms with E-state index >= 15 is 0 Å². The van der Waals surface area contributed by atoms with E-state index in [1.807, 2.05) is 19.2 Å². The quantitative estimate of drug-likeness (QED) is 0.815. The molecular weight excluding hydrogens is 270 g/mol. The normalized spacial score (nSPS) is 10.8. The van der Waals surface area contributed by atoms with Crippen LogP contribution in [0.25, 0.3) is 6.08 Å². The number of carboxylic acid groups (broad SMARTS) is 1. The molecular formula is C13H16ClNO2S. The first-order chi connectivity index (χ1) is 8.56. The van der Waals surface area contributed by atoms with Crippen molar-refractivity contribution in [3.05, 3.63) is 34.9 Å². The van der Waals surface area contributed by atoms with Gasteiger partial charge in [-0.1, -0.05) is 17.7 Å². The fraction of sp³-hybridized carbons (Fsp3) is 0.308. The molecule has 0 amide bonds. The topological polar surface area (TPSA) is 40.5 Å². The molecule has 0 atom stereocenters. The molecule has 0 bridgehead atoms. The zero-order chi connectivity index (χ0) is 13.5. The number of nitrogens with zero attached hydrogens (tertiary/aromatic N) is 1. The van der Waals surface area contributed by atoms with Crippen LogP contribution in [0.3, 0.4) is 0 Å². The molecule has 1 rings (SSSR count). The Hall–Kier alpha value is -1.13. The van der Waals surface area contributed by atoms with Crippen molar-refractivity contribution in [2.45, 2.75) is 0 Å². The summed E-state index contributed by atoms with van der Waals surface area (Å²) in [5.41, 5.74) is 1.68. The van der Waals surface area contributed by atoms with Crippen LogP contribution in [-0.2, 0) is 4.79 Å². The van der Waals surface area contributed by atoms with Crippen LogP contribution in [-0.4, -0.2) is 36.7 Å². The second kappa shape index (κ2) is 7.34. The van der Waals surface area contributed by atoms with Crippen molar-refractivity contribution in [1.82, 2.24) is 0 Å². The van der Waals surface area contributed by atoms with Gasteiger partial charge >= 0.3 is 5.97 Å². The molecule has 0 heterocycles. The Morgan fingerprint density at radius 3 is 2.89 bits per heavy atom. The summed E-state index contributed by atoms with van der Waals surface area (Å²) >= 11 is 7.88. The van der Waals surface area contributed by atoms with Crippen LogP contribution in [0.2, 0.25) is 5.02 Å². The molecule has 1 aromatic rings. The highest BCUT2D eigenvalue weighted by molar-refractivity contribution is 7.98. The number of carbonyl (C=O) groups is 1. The molecule has 0 unspecified atom stereocenters. The van der Waals surface area contributed by atoms with E-state index in [1.54, 1.807) is 17.8 Å². The predicted molar refractivity (Wildman–Crippen MR) is 79.8 cm³/mol. The minimum atomic E-state index is -0.979. The molecule has 0 fully saturated rings. The van der Waals surface area contributed by atoms with Gasteiger partial charge < -0.3 is 10.0 Å². The number of rotatable bonds is 6. The summed E-state index contributed by atoms with van der Waals surface area (Å²) in [6, 6.07) is 5.56. The smallest absolute Gasteiger partial charge is 0.328 e. The largest absolute Gasteiger partial charge is 0.478 e. The van der Waals surface area contributed by atoms with Gasteiger partial charge in [-0.2, -0.15) is 11.8 Å². The standard InChI is InChI=1S/C13H16ClNO2S/c1-15(8-9-18-2)12-5-3-4-11(14)10(12)6-7-13(16)17/h3-7H,8-9H2,1-2H3,(H,16,17)/b7-6+. The lowest BCUT2D eigenvalue weighted by atomic mass is 10.1. The molecule has 0 aromatic heterocycles. The fourth-order valence-electron chi connectivity index (χ4n) is 1.53. The maximum absolute atomic E-state index is 10.6. The Labute approximate surface area is 116 Å². The maximum Gasteiger partial charge on any atom is 0.328 e. The molecule has 0 aliphatic rings. The van der Waals surface area contributed by atoms with Crippen LogP contribution in [0.15, 0.2) is 24.3 Å². The minimum absolute atomic E-state index is 0.556. The summed E-state index contributed by atoms with van der Waals surface area (Å²) in [6.07, 6.45) is 4.69. The van der Waals surface area contributed by atoms with E-state index in [9.17, 15) is 4.79 Å². The van der Waals surface area contributed by atoms with E-state index in [1.165, 1.54) is 6.08 Å². The van der Waals surface area contributed by atoms with Gasteiger partial charge in [0.2, 0.25) is 0 Å². The van der Waals surface area contributed by atoms with E-state index in [2.05, 4.69) is 11.2 Å². The number of anilines is 1. The molecule has 0 saturated heterocycles. The molecule has 5 heteroatoms. The van der Waals surface area contributed by atoms with Crippen LogP contribution < -0.4 is 4.90 Å². The number of benzene rings is 1. The second-order valence-electron chi connectivity index (χ2n) is 3.76. The summed E-state index contributed by atoms with van der Waals surface area (Å²) in [5.74, 6) is 0.0260. The van der Waals surface area contributed by atoms with Crippen molar-refractivity contribution in [1.29, 1.82) is 0 Å². The number of hydrogen-bond donors (Lipinski definition) is 1. The molecule has 0 aliphatic carbocycles. The van der Waals surface area contributed by atoms with Crippen molar-refractivity contribution in [2.24, 2.45) is 0 Å². The number of aliphatic carboxylic acids is 1. The molecule has 0 spiro atoms.